The van der Waals surface area contributed by atoms with E-state index in [0.29, 0.717) is 18.1 Å². The number of carbonyl (C=O) groups is 1. The number of pyridine rings is 1. The van der Waals surface area contributed by atoms with Crippen LogP contribution in [0.5, 0.6) is 5.75 Å². The van der Waals surface area contributed by atoms with Gasteiger partial charge >= 0.3 is 0 Å². The van der Waals surface area contributed by atoms with Crippen LogP contribution >= 0.6 is 0 Å². The van der Waals surface area contributed by atoms with E-state index in [1.807, 2.05) is 31.2 Å². The molecule has 0 saturated heterocycles. The molecule has 110 valence electrons. The van der Waals surface area contributed by atoms with Gasteiger partial charge in [-0.25, -0.2) is 4.98 Å². The largest absolute Gasteiger partial charge is 0.496 e. The van der Waals surface area contributed by atoms with Crippen LogP contribution in [0.25, 0.3) is 0 Å². The summed E-state index contributed by atoms with van der Waals surface area (Å²) >= 11 is 0. The number of amides is 1. The summed E-state index contributed by atoms with van der Waals surface area (Å²) in [6.07, 6.45) is 0. The fraction of sp³-hybridized carbons (Fsp3) is 0.250. The molecule has 1 aromatic carbocycles. The van der Waals surface area contributed by atoms with Crippen molar-refractivity contribution in [3.8, 4) is 5.75 Å². The molecule has 5 heteroatoms. The number of benzene rings is 1. The molecule has 0 aliphatic heterocycles. The van der Waals surface area contributed by atoms with Crippen molar-refractivity contribution >= 4 is 11.7 Å². The maximum absolute atomic E-state index is 11.5. The summed E-state index contributed by atoms with van der Waals surface area (Å²) in [5.41, 5.74) is 2.58. The van der Waals surface area contributed by atoms with E-state index in [2.05, 4.69) is 15.6 Å². The SMILES string of the molecule is CNC(=O)c1cccc(NCc2ccc(C)c(OC)c2)n1. The zero-order valence-corrected chi connectivity index (χ0v) is 12.4. The molecule has 0 unspecified atom stereocenters. The number of hydrogen-bond donors (Lipinski definition) is 2. The molecule has 0 spiro atoms. The van der Waals surface area contributed by atoms with Crippen molar-refractivity contribution in [2.75, 3.05) is 19.5 Å². The summed E-state index contributed by atoms with van der Waals surface area (Å²) in [5.74, 6) is 1.33. The number of rotatable bonds is 5. The number of anilines is 1. The second kappa shape index (κ2) is 6.74. The van der Waals surface area contributed by atoms with Crippen molar-refractivity contribution in [3.05, 3.63) is 53.2 Å². The minimum Gasteiger partial charge on any atom is -0.496 e. The van der Waals surface area contributed by atoms with Crippen LogP contribution in [0.2, 0.25) is 0 Å². The van der Waals surface area contributed by atoms with Crippen molar-refractivity contribution in [2.45, 2.75) is 13.5 Å². The predicted octanol–water partition coefficient (Wildman–Crippen LogP) is 2.37. The average Bonchev–Trinajstić information content (AvgIpc) is 2.53. The van der Waals surface area contributed by atoms with E-state index in [1.165, 1.54) is 0 Å². The lowest BCUT2D eigenvalue weighted by molar-refractivity contribution is 0.0958. The Morgan fingerprint density at radius 3 is 2.81 bits per heavy atom. The molecule has 2 aromatic rings. The summed E-state index contributed by atoms with van der Waals surface area (Å²) in [6.45, 7) is 2.62. The Bertz CT molecular complexity index is 641. The first-order valence-corrected chi connectivity index (χ1v) is 6.70. The molecule has 5 nitrogen and oxygen atoms in total. The van der Waals surface area contributed by atoms with E-state index >= 15 is 0 Å². The number of carbonyl (C=O) groups excluding carboxylic acids is 1. The lowest BCUT2D eigenvalue weighted by atomic mass is 10.1. The zero-order valence-electron chi connectivity index (χ0n) is 12.4. The highest BCUT2D eigenvalue weighted by atomic mass is 16.5. The summed E-state index contributed by atoms with van der Waals surface area (Å²) in [4.78, 5) is 15.8. The molecule has 21 heavy (non-hydrogen) atoms. The smallest absolute Gasteiger partial charge is 0.269 e. The van der Waals surface area contributed by atoms with Crippen molar-refractivity contribution in [3.63, 3.8) is 0 Å². The van der Waals surface area contributed by atoms with E-state index in [-0.39, 0.29) is 5.91 Å². The van der Waals surface area contributed by atoms with E-state index in [9.17, 15) is 4.79 Å². The third-order valence-corrected chi connectivity index (χ3v) is 3.15. The number of aryl methyl sites for hydroxylation is 1. The number of methoxy groups -OCH3 is 1. The second-order valence-electron chi connectivity index (χ2n) is 4.64. The first-order valence-electron chi connectivity index (χ1n) is 6.70. The predicted molar refractivity (Wildman–Crippen MR) is 82.7 cm³/mol. The quantitative estimate of drug-likeness (QED) is 0.885. The maximum atomic E-state index is 11.5. The molecule has 0 aliphatic rings. The maximum Gasteiger partial charge on any atom is 0.269 e. The minimum atomic E-state index is -0.198. The summed E-state index contributed by atoms with van der Waals surface area (Å²) in [5, 5.41) is 5.76. The Morgan fingerprint density at radius 2 is 2.10 bits per heavy atom. The van der Waals surface area contributed by atoms with Gasteiger partial charge in [0.1, 0.15) is 17.3 Å². The lowest BCUT2D eigenvalue weighted by Gasteiger charge is -2.10. The van der Waals surface area contributed by atoms with Gasteiger partial charge in [-0.1, -0.05) is 18.2 Å². The summed E-state index contributed by atoms with van der Waals surface area (Å²) < 4.78 is 5.31. The lowest BCUT2D eigenvalue weighted by Crippen LogP contribution is -2.19. The average molecular weight is 285 g/mol. The van der Waals surface area contributed by atoms with Crippen LogP contribution in [-0.4, -0.2) is 25.0 Å². The third kappa shape index (κ3) is 3.72. The number of ether oxygens (including phenoxy) is 1. The third-order valence-electron chi connectivity index (χ3n) is 3.15. The molecule has 0 saturated carbocycles. The van der Waals surface area contributed by atoms with E-state index in [0.717, 1.165) is 16.9 Å². The first-order chi connectivity index (χ1) is 10.1. The topological polar surface area (TPSA) is 63.2 Å². The van der Waals surface area contributed by atoms with Crippen LogP contribution in [0.1, 0.15) is 21.6 Å². The molecule has 1 amide bonds. The standard InChI is InChI=1S/C16H19N3O2/c1-11-7-8-12(9-14(11)21-3)10-18-15-6-4-5-13(19-15)16(20)17-2/h4-9H,10H2,1-3H3,(H,17,20)(H,18,19). The Labute approximate surface area is 124 Å². The van der Waals surface area contributed by atoms with Crippen molar-refractivity contribution in [1.82, 2.24) is 10.3 Å². The first kappa shape index (κ1) is 14.8. The Hall–Kier alpha value is -2.56. The highest BCUT2D eigenvalue weighted by Crippen LogP contribution is 2.19. The molecule has 0 fully saturated rings. The monoisotopic (exact) mass is 285 g/mol. The van der Waals surface area contributed by atoms with E-state index in [1.54, 1.807) is 26.3 Å². The number of nitrogens with one attached hydrogen (secondary N) is 2. The normalized spacial score (nSPS) is 10.0. The fourth-order valence-corrected chi connectivity index (χ4v) is 1.95. The fourth-order valence-electron chi connectivity index (χ4n) is 1.95. The van der Waals surface area contributed by atoms with Gasteiger partial charge in [0.05, 0.1) is 7.11 Å². The second-order valence-corrected chi connectivity index (χ2v) is 4.64. The van der Waals surface area contributed by atoms with Gasteiger partial charge in [-0.15, -0.1) is 0 Å². The van der Waals surface area contributed by atoms with Crippen molar-refractivity contribution < 1.29 is 9.53 Å². The Kier molecular flexibility index (Phi) is 4.77. The van der Waals surface area contributed by atoms with Crippen molar-refractivity contribution in [2.24, 2.45) is 0 Å². The Morgan fingerprint density at radius 1 is 1.29 bits per heavy atom. The molecule has 2 N–H and O–H groups in total. The molecule has 0 radical (unpaired) electrons. The number of hydrogen-bond acceptors (Lipinski definition) is 4. The zero-order chi connectivity index (χ0) is 15.2. The molecular formula is C16H19N3O2. The molecule has 0 aliphatic carbocycles. The van der Waals surface area contributed by atoms with Crippen LogP contribution in [0, 0.1) is 6.92 Å². The number of aromatic nitrogens is 1. The van der Waals surface area contributed by atoms with Gasteiger partial charge in [0.25, 0.3) is 5.91 Å². The molecule has 2 rings (SSSR count). The van der Waals surface area contributed by atoms with Gasteiger partial charge < -0.3 is 15.4 Å². The van der Waals surface area contributed by atoms with Gasteiger partial charge in [-0.2, -0.15) is 0 Å². The molecule has 1 aromatic heterocycles. The van der Waals surface area contributed by atoms with Crippen LogP contribution in [-0.2, 0) is 6.54 Å². The van der Waals surface area contributed by atoms with E-state index < -0.39 is 0 Å². The van der Waals surface area contributed by atoms with Gasteiger partial charge in [-0.05, 0) is 36.2 Å². The van der Waals surface area contributed by atoms with Crippen molar-refractivity contribution in [1.29, 1.82) is 0 Å². The van der Waals surface area contributed by atoms with E-state index in [4.69, 9.17) is 4.74 Å². The van der Waals surface area contributed by atoms with Crippen LogP contribution in [0.4, 0.5) is 5.82 Å². The van der Waals surface area contributed by atoms with Crippen LogP contribution < -0.4 is 15.4 Å². The van der Waals surface area contributed by atoms with Gasteiger partial charge in [0.2, 0.25) is 0 Å². The summed E-state index contributed by atoms with van der Waals surface area (Å²) in [7, 11) is 3.25. The minimum absolute atomic E-state index is 0.198. The highest BCUT2D eigenvalue weighted by molar-refractivity contribution is 5.92. The molecule has 0 atom stereocenters. The molecular weight excluding hydrogens is 266 g/mol. The van der Waals surface area contributed by atoms with Crippen LogP contribution in [0.3, 0.4) is 0 Å². The molecule has 0 bridgehead atoms. The summed E-state index contributed by atoms with van der Waals surface area (Å²) in [6, 6.07) is 11.4. The number of nitrogens with zero attached hydrogens (tertiary/aromatic N) is 1. The highest BCUT2D eigenvalue weighted by Gasteiger charge is 2.06. The molecule has 1 heterocycles. The van der Waals surface area contributed by atoms with Gasteiger partial charge in [0.15, 0.2) is 0 Å². The van der Waals surface area contributed by atoms with Gasteiger partial charge in [0, 0.05) is 13.6 Å². The van der Waals surface area contributed by atoms with Gasteiger partial charge in [-0.3, -0.25) is 4.79 Å². The van der Waals surface area contributed by atoms with Crippen LogP contribution in [0.15, 0.2) is 36.4 Å². The Balaban J connectivity index is 2.08.